The molecule has 4 nitrogen and oxygen atoms in total. The predicted octanol–water partition coefficient (Wildman–Crippen LogP) is 1.25. The summed E-state index contributed by atoms with van der Waals surface area (Å²) in [5.41, 5.74) is 1.83. The largest absolute Gasteiger partial charge is 0.461 e. The molecule has 4 heteroatoms. The van der Waals surface area contributed by atoms with E-state index in [-0.39, 0.29) is 6.61 Å². The van der Waals surface area contributed by atoms with Crippen LogP contribution in [0.15, 0.2) is 24.3 Å². The van der Waals surface area contributed by atoms with Crippen LogP contribution in [0.3, 0.4) is 0 Å². The summed E-state index contributed by atoms with van der Waals surface area (Å²) in [4.78, 5) is 10.1. The van der Waals surface area contributed by atoms with Crippen LogP contribution in [0, 0.1) is 0 Å². The molecule has 0 radical (unpaired) electrons. The van der Waals surface area contributed by atoms with E-state index in [2.05, 4.69) is 5.10 Å². The normalized spacial score (nSPS) is 10.4. The molecule has 1 aromatic carbocycles. The maximum absolute atomic E-state index is 10.1. The third-order valence-electron chi connectivity index (χ3n) is 2.15. The Morgan fingerprint density at radius 1 is 1.50 bits per heavy atom. The zero-order chi connectivity index (χ0) is 9.97. The molecule has 0 spiro atoms. The molecular weight excluding hydrogens is 180 g/mol. The van der Waals surface area contributed by atoms with Gasteiger partial charge in [-0.25, -0.2) is 0 Å². The Labute approximate surface area is 81.1 Å². The molecular formula is C10H10N2O2. The number of hydrogen-bond donors (Lipinski definition) is 0. The smallest absolute Gasteiger partial charge is 0.293 e. The molecule has 0 bridgehead atoms. The van der Waals surface area contributed by atoms with Gasteiger partial charge in [0, 0.05) is 12.4 Å². The fraction of sp³-hybridized carbons (Fsp3) is 0.200. The first kappa shape index (κ1) is 8.74. The van der Waals surface area contributed by atoms with Gasteiger partial charge in [-0.2, -0.15) is 5.10 Å². The second-order valence-corrected chi connectivity index (χ2v) is 2.99. The third-order valence-corrected chi connectivity index (χ3v) is 2.15. The lowest BCUT2D eigenvalue weighted by atomic mass is 10.2. The van der Waals surface area contributed by atoms with Crippen molar-refractivity contribution in [3.05, 3.63) is 30.0 Å². The number of carbonyl (C=O) groups is 1. The van der Waals surface area contributed by atoms with Gasteiger partial charge in [0.1, 0.15) is 6.61 Å². The first-order valence-corrected chi connectivity index (χ1v) is 4.29. The van der Waals surface area contributed by atoms with Crippen molar-refractivity contribution in [3.8, 4) is 0 Å². The van der Waals surface area contributed by atoms with Gasteiger partial charge in [-0.1, -0.05) is 18.2 Å². The van der Waals surface area contributed by atoms with Crippen LogP contribution < -0.4 is 0 Å². The Hall–Kier alpha value is -1.84. The number of nitrogens with zero attached hydrogens (tertiary/aromatic N) is 2. The average Bonchev–Trinajstić information content (AvgIpc) is 2.51. The standard InChI is InChI=1S/C10H10N2O2/c1-12-10(6-14-7-13)8-4-2-3-5-9(8)11-12/h2-5,7H,6H2,1H3. The van der Waals surface area contributed by atoms with Crippen LogP contribution in [0.4, 0.5) is 0 Å². The summed E-state index contributed by atoms with van der Waals surface area (Å²) in [7, 11) is 1.84. The highest BCUT2D eigenvalue weighted by Crippen LogP contribution is 2.17. The zero-order valence-electron chi connectivity index (χ0n) is 7.80. The topological polar surface area (TPSA) is 44.1 Å². The molecule has 2 rings (SSSR count). The molecule has 2 aromatic rings. The minimum absolute atomic E-state index is 0.264. The minimum atomic E-state index is 0.264. The van der Waals surface area contributed by atoms with Crippen molar-refractivity contribution in [2.45, 2.75) is 6.61 Å². The van der Waals surface area contributed by atoms with E-state index < -0.39 is 0 Å². The SMILES string of the molecule is Cn1nc2ccccc2c1COC=O. The Bertz CT molecular complexity index is 462. The first-order chi connectivity index (χ1) is 6.83. The van der Waals surface area contributed by atoms with Gasteiger partial charge in [0.25, 0.3) is 6.47 Å². The maximum Gasteiger partial charge on any atom is 0.293 e. The summed E-state index contributed by atoms with van der Waals surface area (Å²) < 4.78 is 6.46. The molecule has 0 atom stereocenters. The molecule has 0 saturated heterocycles. The fourth-order valence-corrected chi connectivity index (χ4v) is 1.49. The average molecular weight is 190 g/mol. The van der Waals surface area contributed by atoms with Crippen LogP contribution in [0.2, 0.25) is 0 Å². The molecule has 1 heterocycles. The van der Waals surface area contributed by atoms with E-state index in [1.165, 1.54) is 0 Å². The third kappa shape index (κ3) is 1.35. The first-order valence-electron chi connectivity index (χ1n) is 4.29. The number of carbonyl (C=O) groups excluding carboxylic acids is 1. The van der Waals surface area contributed by atoms with E-state index in [0.717, 1.165) is 16.6 Å². The van der Waals surface area contributed by atoms with Crippen molar-refractivity contribution in [1.29, 1.82) is 0 Å². The van der Waals surface area contributed by atoms with Crippen molar-refractivity contribution in [2.75, 3.05) is 0 Å². The molecule has 0 amide bonds. The number of hydrogen-bond acceptors (Lipinski definition) is 3. The van der Waals surface area contributed by atoms with Gasteiger partial charge >= 0.3 is 0 Å². The Morgan fingerprint density at radius 3 is 3.07 bits per heavy atom. The van der Waals surface area contributed by atoms with Gasteiger partial charge in [0.05, 0.1) is 11.2 Å². The number of rotatable bonds is 3. The maximum atomic E-state index is 10.1. The summed E-state index contributed by atoms with van der Waals surface area (Å²) in [5, 5.41) is 5.31. The number of ether oxygens (including phenoxy) is 1. The Kier molecular flexibility index (Phi) is 2.18. The van der Waals surface area contributed by atoms with Gasteiger partial charge in [-0.15, -0.1) is 0 Å². The predicted molar refractivity (Wildman–Crippen MR) is 51.6 cm³/mol. The van der Waals surface area contributed by atoms with Crippen LogP contribution >= 0.6 is 0 Å². The summed E-state index contributed by atoms with van der Waals surface area (Å²) in [5.74, 6) is 0. The van der Waals surface area contributed by atoms with Crippen LogP contribution in [-0.2, 0) is 23.2 Å². The van der Waals surface area contributed by atoms with E-state index in [9.17, 15) is 4.79 Å². The monoisotopic (exact) mass is 190 g/mol. The molecule has 0 unspecified atom stereocenters. The molecule has 0 aliphatic rings. The van der Waals surface area contributed by atoms with Crippen LogP contribution in [0.1, 0.15) is 5.69 Å². The lowest BCUT2D eigenvalue weighted by molar-refractivity contribution is -0.129. The van der Waals surface area contributed by atoms with Crippen LogP contribution in [0.5, 0.6) is 0 Å². The van der Waals surface area contributed by atoms with Crippen molar-refractivity contribution in [2.24, 2.45) is 7.05 Å². The number of fused-ring (bicyclic) bond motifs is 1. The van der Waals surface area contributed by atoms with Gasteiger partial charge in [0.15, 0.2) is 0 Å². The molecule has 72 valence electrons. The second kappa shape index (κ2) is 3.49. The van der Waals surface area contributed by atoms with E-state index in [1.54, 1.807) is 4.68 Å². The van der Waals surface area contributed by atoms with Crippen molar-refractivity contribution < 1.29 is 9.53 Å². The highest BCUT2D eigenvalue weighted by molar-refractivity contribution is 5.81. The molecule has 0 aliphatic heterocycles. The number of benzene rings is 1. The summed E-state index contributed by atoms with van der Waals surface area (Å²) in [6, 6.07) is 7.76. The van der Waals surface area contributed by atoms with Gasteiger partial charge in [-0.3, -0.25) is 9.48 Å². The van der Waals surface area contributed by atoms with Gasteiger partial charge in [0.2, 0.25) is 0 Å². The number of aryl methyl sites for hydroxylation is 1. The van der Waals surface area contributed by atoms with Crippen molar-refractivity contribution in [3.63, 3.8) is 0 Å². The minimum Gasteiger partial charge on any atom is -0.461 e. The molecule has 0 N–H and O–H groups in total. The second-order valence-electron chi connectivity index (χ2n) is 2.99. The number of aromatic nitrogens is 2. The highest BCUT2D eigenvalue weighted by Gasteiger charge is 2.07. The highest BCUT2D eigenvalue weighted by atomic mass is 16.5. The van der Waals surface area contributed by atoms with Crippen LogP contribution in [-0.4, -0.2) is 16.3 Å². The zero-order valence-corrected chi connectivity index (χ0v) is 7.80. The molecule has 0 fully saturated rings. The summed E-state index contributed by atoms with van der Waals surface area (Å²) in [6.07, 6.45) is 0. The molecule has 0 saturated carbocycles. The van der Waals surface area contributed by atoms with Crippen molar-refractivity contribution in [1.82, 2.24) is 9.78 Å². The Balaban J connectivity index is 2.50. The van der Waals surface area contributed by atoms with E-state index >= 15 is 0 Å². The summed E-state index contributed by atoms with van der Waals surface area (Å²) >= 11 is 0. The fourth-order valence-electron chi connectivity index (χ4n) is 1.49. The van der Waals surface area contributed by atoms with E-state index in [0.29, 0.717) is 6.47 Å². The van der Waals surface area contributed by atoms with Crippen molar-refractivity contribution >= 4 is 17.4 Å². The van der Waals surface area contributed by atoms with Gasteiger partial charge in [-0.05, 0) is 6.07 Å². The Morgan fingerprint density at radius 2 is 2.29 bits per heavy atom. The molecule has 1 aromatic heterocycles. The quantitative estimate of drug-likeness (QED) is 0.684. The summed E-state index contributed by atoms with van der Waals surface area (Å²) in [6.45, 7) is 0.711. The lowest BCUT2D eigenvalue weighted by Gasteiger charge is -1.99. The van der Waals surface area contributed by atoms with E-state index in [1.807, 2.05) is 31.3 Å². The molecule has 14 heavy (non-hydrogen) atoms. The lowest BCUT2D eigenvalue weighted by Crippen LogP contribution is -2.00. The van der Waals surface area contributed by atoms with Crippen LogP contribution in [0.25, 0.3) is 10.9 Å². The van der Waals surface area contributed by atoms with Gasteiger partial charge < -0.3 is 4.74 Å². The van der Waals surface area contributed by atoms with E-state index in [4.69, 9.17) is 4.74 Å². The molecule has 0 aliphatic carbocycles.